The number of nitrogens with zero attached hydrogens (tertiary/aromatic N) is 2. The van der Waals surface area contributed by atoms with Crippen LogP contribution in [0, 0.1) is 5.92 Å². The van der Waals surface area contributed by atoms with Gasteiger partial charge in [-0.2, -0.15) is 0 Å². The summed E-state index contributed by atoms with van der Waals surface area (Å²) in [4.78, 5) is 6.92. The molecule has 7 nitrogen and oxygen atoms in total. The van der Waals surface area contributed by atoms with Crippen LogP contribution in [0.5, 0.6) is 11.5 Å². The van der Waals surface area contributed by atoms with Gasteiger partial charge in [0.2, 0.25) is 0 Å². The smallest absolute Gasteiger partial charge is 0.193 e. The van der Waals surface area contributed by atoms with E-state index in [0.717, 1.165) is 68.9 Å². The largest absolute Gasteiger partial charge is 0.497 e. The molecule has 1 saturated heterocycles. The molecule has 1 aromatic carbocycles. The number of ether oxygens (including phenoxy) is 3. The molecule has 166 valence electrons. The van der Waals surface area contributed by atoms with Crippen LogP contribution in [0.2, 0.25) is 0 Å². The molecule has 8 heteroatoms. The number of methoxy groups -OCH3 is 1. The highest BCUT2D eigenvalue weighted by Crippen LogP contribution is 2.17. The average molecular weight is 529 g/mol. The molecule has 0 amide bonds. The molecule has 0 aliphatic carbocycles. The molecule has 0 spiro atoms. The van der Waals surface area contributed by atoms with Crippen LogP contribution in [0.4, 0.5) is 0 Å². The Labute approximate surface area is 195 Å². The van der Waals surface area contributed by atoms with Gasteiger partial charge in [0.1, 0.15) is 23.9 Å². The minimum atomic E-state index is 0. The average Bonchev–Trinajstić information content (AvgIpc) is 3.45. The maximum absolute atomic E-state index is 5.85. The first-order valence-electron chi connectivity index (χ1n) is 10.1. The van der Waals surface area contributed by atoms with E-state index in [-0.39, 0.29) is 24.0 Å². The van der Waals surface area contributed by atoms with Crippen molar-refractivity contribution in [3.05, 3.63) is 48.4 Å². The van der Waals surface area contributed by atoms with Crippen LogP contribution >= 0.6 is 24.0 Å². The quantitative estimate of drug-likeness (QED) is 0.289. The van der Waals surface area contributed by atoms with Gasteiger partial charge in [0, 0.05) is 39.1 Å². The molecule has 2 heterocycles. The normalized spacial score (nSPS) is 16.1. The number of aliphatic imine (C=N–C) groups is 1. The summed E-state index contributed by atoms with van der Waals surface area (Å²) in [6.07, 6.45) is 3.59. The zero-order valence-electron chi connectivity index (χ0n) is 17.7. The van der Waals surface area contributed by atoms with Crippen molar-refractivity contribution >= 4 is 29.9 Å². The first-order valence-corrected chi connectivity index (χ1v) is 10.1. The highest BCUT2D eigenvalue weighted by atomic mass is 127. The van der Waals surface area contributed by atoms with E-state index in [4.69, 9.17) is 23.6 Å². The number of hydrogen-bond acceptors (Lipinski definition) is 5. The van der Waals surface area contributed by atoms with Crippen LogP contribution < -0.4 is 14.8 Å². The summed E-state index contributed by atoms with van der Waals surface area (Å²) in [6, 6.07) is 11.5. The molecule has 2 aromatic rings. The number of furan rings is 1. The number of guanidine groups is 1. The maximum Gasteiger partial charge on any atom is 0.193 e. The summed E-state index contributed by atoms with van der Waals surface area (Å²) in [5.74, 6) is 3.99. The molecule has 1 unspecified atom stereocenters. The van der Waals surface area contributed by atoms with Gasteiger partial charge < -0.3 is 28.8 Å². The van der Waals surface area contributed by atoms with Crippen molar-refractivity contribution < 1.29 is 18.6 Å². The molecule has 3 rings (SSSR count). The number of rotatable bonds is 10. The lowest BCUT2D eigenvalue weighted by molar-refractivity contribution is 0.187. The summed E-state index contributed by atoms with van der Waals surface area (Å²) in [5.41, 5.74) is 0. The third-order valence-corrected chi connectivity index (χ3v) is 4.87. The molecule has 1 aliphatic heterocycles. The van der Waals surface area contributed by atoms with Crippen LogP contribution in [-0.2, 0) is 11.2 Å². The van der Waals surface area contributed by atoms with Crippen molar-refractivity contribution in [2.45, 2.75) is 12.8 Å². The minimum Gasteiger partial charge on any atom is -0.497 e. The van der Waals surface area contributed by atoms with E-state index in [0.29, 0.717) is 12.5 Å². The Morgan fingerprint density at radius 2 is 2.03 bits per heavy atom. The van der Waals surface area contributed by atoms with Gasteiger partial charge in [-0.05, 0) is 42.8 Å². The third kappa shape index (κ3) is 8.06. The Kier molecular flexibility index (Phi) is 10.9. The lowest BCUT2D eigenvalue weighted by Gasteiger charge is -2.23. The maximum atomic E-state index is 5.85. The zero-order chi connectivity index (χ0) is 20.3. The number of halogens is 1. The SMILES string of the molecule is COc1ccc(OCCN(C)C(=NCC2CCOC2)NCCc2ccco2)cc1.I. The van der Waals surface area contributed by atoms with Crippen LogP contribution in [0.1, 0.15) is 12.2 Å². The summed E-state index contributed by atoms with van der Waals surface area (Å²) in [6.45, 7) is 4.46. The van der Waals surface area contributed by atoms with E-state index in [1.165, 1.54) is 0 Å². The van der Waals surface area contributed by atoms with Gasteiger partial charge in [0.15, 0.2) is 5.96 Å². The van der Waals surface area contributed by atoms with E-state index in [9.17, 15) is 0 Å². The van der Waals surface area contributed by atoms with Crippen molar-refractivity contribution in [2.24, 2.45) is 10.9 Å². The van der Waals surface area contributed by atoms with Crippen molar-refractivity contribution in [3.63, 3.8) is 0 Å². The Hall–Kier alpha value is -1.94. The Morgan fingerprint density at radius 3 is 2.70 bits per heavy atom. The second kappa shape index (κ2) is 13.4. The third-order valence-electron chi connectivity index (χ3n) is 4.87. The number of nitrogens with one attached hydrogen (secondary N) is 1. The van der Waals surface area contributed by atoms with Crippen LogP contribution in [0.25, 0.3) is 0 Å². The molecular formula is C22H32IN3O4. The standard InChI is InChI=1S/C22H31N3O4.HI/c1-25(12-15-29-21-7-5-19(26-2)6-8-21)22(24-16-18-10-14-27-17-18)23-11-9-20-4-3-13-28-20;/h3-8,13,18H,9-12,14-17H2,1-2H3,(H,23,24);1H. The molecule has 0 radical (unpaired) electrons. The molecule has 1 aromatic heterocycles. The number of benzene rings is 1. The fourth-order valence-electron chi connectivity index (χ4n) is 3.09. The van der Waals surface area contributed by atoms with E-state index in [1.54, 1.807) is 13.4 Å². The van der Waals surface area contributed by atoms with Gasteiger partial charge in [-0.3, -0.25) is 4.99 Å². The fraction of sp³-hybridized carbons (Fsp3) is 0.500. The molecule has 0 bridgehead atoms. The fourth-order valence-corrected chi connectivity index (χ4v) is 3.09. The lowest BCUT2D eigenvalue weighted by Crippen LogP contribution is -2.42. The van der Waals surface area contributed by atoms with Crippen molar-refractivity contribution in [2.75, 3.05) is 53.6 Å². The molecule has 1 atom stereocenters. The molecule has 1 N–H and O–H groups in total. The topological polar surface area (TPSA) is 68.5 Å². The molecule has 30 heavy (non-hydrogen) atoms. The first-order chi connectivity index (χ1) is 14.2. The van der Waals surface area contributed by atoms with E-state index >= 15 is 0 Å². The second-order valence-electron chi connectivity index (χ2n) is 7.10. The second-order valence-corrected chi connectivity index (χ2v) is 7.10. The number of hydrogen-bond donors (Lipinski definition) is 1. The monoisotopic (exact) mass is 529 g/mol. The molecule has 1 aliphatic rings. The van der Waals surface area contributed by atoms with Gasteiger partial charge in [-0.1, -0.05) is 0 Å². The Bertz CT molecular complexity index is 731. The van der Waals surface area contributed by atoms with Crippen molar-refractivity contribution in [1.82, 2.24) is 10.2 Å². The first kappa shape index (κ1) is 24.3. The summed E-state index contributed by atoms with van der Waals surface area (Å²) in [7, 11) is 3.68. The Morgan fingerprint density at radius 1 is 1.23 bits per heavy atom. The van der Waals surface area contributed by atoms with Gasteiger partial charge >= 0.3 is 0 Å². The molecule has 1 fully saturated rings. The summed E-state index contributed by atoms with van der Waals surface area (Å²) >= 11 is 0. The van der Waals surface area contributed by atoms with Crippen molar-refractivity contribution in [3.8, 4) is 11.5 Å². The predicted octanol–water partition coefficient (Wildman–Crippen LogP) is 3.44. The molecule has 0 saturated carbocycles. The predicted molar refractivity (Wildman–Crippen MR) is 128 cm³/mol. The highest BCUT2D eigenvalue weighted by molar-refractivity contribution is 14.0. The van der Waals surface area contributed by atoms with Gasteiger partial charge in [-0.25, -0.2) is 0 Å². The summed E-state index contributed by atoms with van der Waals surface area (Å²) < 4.78 is 21.9. The highest BCUT2D eigenvalue weighted by Gasteiger charge is 2.16. The van der Waals surface area contributed by atoms with E-state index in [2.05, 4.69) is 10.2 Å². The van der Waals surface area contributed by atoms with Crippen LogP contribution in [-0.4, -0.2) is 64.5 Å². The van der Waals surface area contributed by atoms with Crippen LogP contribution in [0.3, 0.4) is 0 Å². The minimum absolute atomic E-state index is 0. The van der Waals surface area contributed by atoms with Gasteiger partial charge in [0.05, 0.1) is 26.5 Å². The van der Waals surface area contributed by atoms with Gasteiger partial charge in [-0.15, -0.1) is 24.0 Å². The van der Waals surface area contributed by atoms with E-state index in [1.807, 2.05) is 43.4 Å². The van der Waals surface area contributed by atoms with E-state index < -0.39 is 0 Å². The zero-order valence-corrected chi connectivity index (χ0v) is 20.0. The molecular weight excluding hydrogens is 497 g/mol. The van der Waals surface area contributed by atoms with Gasteiger partial charge in [0.25, 0.3) is 0 Å². The van der Waals surface area contributed by atoms with Crippen molar-refractivity contribution in [1.29, 1.82) is 0 Å². The lowest BCUT2D eigenvalue weighted by atomic mass is 10.1. The van der Waals surface area contributed by atoms with Crippen LogP contribution in [0.15, 0.2) is 52.1 Å². The Balaban J connectivity index is 0.00000320. The number of likely N-dealkylation sites (N-methyl/N-ethyl adjacent to an activating group) is 1. The summed E-state index contributed by atoms with van der Waals surface area (Å²) in [5, 5.41) is 3.45.